The van der Waals surface area contributed by atoms with Crippen molar-refractivity contribution >= 4 is 23.0 Å². The SMILES string of the molecule is C=CCN(CC=C)c1c([N+](=O)[O-])cc(C(=O)OCCCCCCCC)cc1[N+](=O)[O-]. The lowest BCUT2D eigenvalue weighted by molar-refractivity contribution is -0.392. The summed E-state index contributed by atoms with van der Waals surface area (Å²) in [6, 6.07) is 2.04. The van der Waals surface area contributed by atoms with Crippen LogP contribution in [0, 0.1) is 20.2 Å². The van der Waals surface area contributed by atoms with Crippen molar-refractivity contribution in [3.8, 4) is 0 Å². The number of hydrogen-bond acceptors (Lipinski definition) is 7. The van der Waals surface area contributed by atoms with Gasteiger partial charge in [-0.1, -0.05) is 51.2 Å². The van der Waals surface area contributed by atoms with Gasteiger partial charge in [0, 0.05) is 25.2 Å². The second-order valence-corrected chi connectivity index (χ2v) is 6.76. The number of nitro benzene ring substituents is 2. The molecule has 1 aromatic rings. The largest absolute Gasteiger partial charge is 0.462 e. The molecule has 0 saturated heterocycles. The number of carbonyl (C=O) groups is 1. The maximum atomic E-state index is 12.3. The second kappa shape index (κ2) is 13.1. The molecule has 0 aromatic heterocycles. The van der Waals surface area contributed by atoms with Crippen LogP contribution in [0.25, 0.3) is 0 Å². The second-order valence-electron chi connectivity index (χ2n) is 6.76. The highest BCUT2D eigenvalue weighted by Crippen LogP contribution is 2.39. The van der Waals surface area contributed by atoms with Crippen molar-refractivity contribution in [2.24, 2.45) is 0 Å². The predicted molar refractivity (Wildman–Crippen MR) is 116 cm³/mol. The van der Waals surface area contributed by atoms with Crippen LogP contribution in [0.4, 0.5) is 17.1 Å². The summed E-state index contributed by atoms with van der Waals surface area (Å²) >= 11 is 0. The third-order valence-corrected chi connectivity index (χ3v) is 4.45. The van der Waals surface area contributed by atoms with Crippen molar-refractivity contribution in [2.45, 2.75) is 45.4 Å². The van der Waals surface area contributed by atoms with E-state index in [0.29, 0.717) is 6.42 Å². The minimum atomic E-state index is -0.819. The smallest absolute Gasteiger partial charge is 0.338 e. The Morgan fingerprint density at radius 3 is 1.97 bits per heavy atom. The molecule has 164 valence electrons. The molecular formula is C21H29N3O6. The van der Waals surface area contributed by atoms with Crippen LogP contribution in [-0.4, -0.2) is 35.5 Å². The van der Waals surface area contributed by atoms with Crippen molar-refractivity contribution in [3.63, 3.8) is 0 Å². The first-order chi connectivity index (χ1) is 14.4. The van der Waals surface area contributed by atoms with Crippen molar-refractivity contribution in [1.82, 2.24) is 0 Å². The Balaban J connectivity index is 3.10. The highest BCUT2D eigenvalue weighted by molar-refractivity contribution is 5.94. The zero-order valence-corrected chi connectivity index (χ0v) is 17.4. The molecule has 0 N–H and O–H groups in total. The molecule has 0 amide bonds. The fraction of sp³-hybridized carbons (Fsp3) is 0.476. The van der Waals surface area contributed by atoms with Crippen LogP contribution < -0.4 is 4.90 Å². The standard InChI is InChI=1S/C21H29N3O6/c1-4-7-8-9-10-11-14-30-21(25)17-15-18(23(26)27)20(19(16-17)24(28)29)22(12-5-2)13-6-3/h5-6,15-16H,2-4,7-14H2,1H3. The number of rotatable bonds is 15. The van der Waals surface area contributed by atoms with Gasteiger partial charge in [-0.3, -0.25) is 20.2 Å². The van der Waals surface area contributed by atoms with Crippen LogP contribution >= 0.6 is 0 Å². The van der Waals surface area contributed by atoms with Gasteiger partial charge in [-0.2, -0.15) is 0 Å². The van der Waals surface area contributed by atoms with E-state index in [9.17, 15) is 25.0 Å². The molecule has 30 heavy (non-hydrogen) atoms. The lowest BCUT2D eigenvalue weighted by atomic mass is 10.1. The van der Waals surface area contributed by atoms with E-state index in [4.69, 9.17) is 4.74 Å². The minimum Gasteiger partial charge on any atom is -0.462 e. The average molecular weight is 419 g/mol. The predicted octanol–water partition coefficient (Wildman–Crippen LogP) is 5.20. The highest BCUT2D eigenvalue weighted by atomic mass is 16.6. The zero-order chi connectivity index (χ0) is 22.5. The number of benzene rings is 1. The molecule has 0 spiro atoms. The molecule has 0 bridgehead atoms. The molecule has 0 heterocycles. The molecule has 0 fully saturated rings. The van der Waals surface area contributed by atoms with E-state index in [0.717, 1.165) is 44.2 Å². The number of ether oxygens (including phenoxy) is 1. The van der Waals surface area contributed by atoms with E-state index in [-0.39, 0.29) is 30.9 Å². The molecule has 1 aromatic carbocycles. The first-order valence-corrected chi connectivity index (χ1v) is 9.98. The summed E-state index contributed by atoms with van der Waals surface area (Å²) in [5.74, 6) is -0.819. The number of nitro groups is 2. The monoisotopic (exact) mass is 419 g/mol. The summed E-state index contributed by atoms with van der Waals surface area (Å²) in [7, 11) is 0. The highest BCUT2D eigenvalue weighted by Gasteiger charge is 2.32. The molecule has 0 aliphatic heterocycles. The zero-order valence-electron chi connectivity index (χ0n) is 17.4. The molecule has 0 aliphatic carbocycles. The van der Waals surface area contributed by atoms with Crippen LogP contribution in [0.5, 0.6) is 0 Å². The molecule has 0 radical (unpaired) electrons. The Kier molecular flexibility index (Phi) is 10.8. The number of unbranched alkanes of at least 4 members (excludes halogenated alkanes) is 5. The van der Waals surface area contributed by atoms with Gasteiger partial charge in [0.1, 0.15) is 0 Å². The normalized spacial score (nSPS) is 10.3. The number of nitrogens with zero attached hydrogens (tertiary/aromatic N) is 3. The first kappa shape index (κ1) is 24.8. The van der Waals surface area contributed by atoms with E-state index in [1.54, 1.807) is 0 Å². The molecule has 0 unspecified atom stereocenters. The number of anilines is 1. The van der Waals surface area contributed by atoms with Gasteiger partial charge in [-0.05, 0) is 6.42 Å². The summed E-state index contributed by atoms with van der Waals surface area (Å²) in [5.41, 5.74) is -1.50. The van der Waals surface area contributed by atoms with Crippen molar-refractivity contribution in [1.29, 1.82) is 0 Å². The third kappa shape index (κ3) is 7.31. The van der Waals surface area contributed by atoms with Gasteiger partial charge in [0.25, 0.3) is 0 Å². The van der Waals surface area contributed by atoms with Crippen molar-refractivity contribution < 1.29 is 19.4 Å². The minimum absolute atomic E-state index is 0.134. The Hall–Kier alpha value is -3.23. The van der Waals surface area contributed by atoms with E-state index >= 15 is 0 Å². The van der Waals surface area contributed by atoms with Gasteiger partial charge < -0.3 is 9.64 Å². The maximum Gasteiger partial charge on any atom is 0.338 e. The number of hydrogen-bond donors (Lipinski definition) is 0. The van der Waals surface area contributed by atoms with Crippen LogP contribution in [-0.2, 0) is 4.74 Å². The Morgan fingerprint density at radius 2 is 1.50 bits per heavy atom. The Bertz CT molecular complexity index is 733. The fourth-order valence-corrected chi connectivity index (χ4v) is 3.02. The summed E-state index contributed by atoms with van der Waals surface area (Å²) in [4.78, 5) is 35.5. The van der Waals surface area contributed by atoms with Crippen LogP contribution in [0.3, 0.4) is 0 Å². The van der Waals surface area contributed by atoms with E-state index < -0.39 is 27.2 Å². The lowest BCUT2D eigenvalue weighted by Gasteiger charge is -2.21. The van der Waals surface area contributed by atoms with E-state index in [2.05, 4.69) is 20.1 Å². The molecule has 0 atom stereocenters. The average Bonchev–Trinajstić information content (AvgIpc) is 2.71. The number of carbonyl (C=O) groups excluding carboxylic acids is 1. The molecule has 9 nitrogen and oxygen atoms in total. The van der Waals surface area contributed by atoms with E-state index in [1.807, 2.05) is 0 Å². The summed E-state index contributed by atoms with van der Waals surface area (Å²) in [6.45, 7) is 9.71. The van der Waals surface area contributed by atoms with Crippen molar-refractivity contribution in [2.75, 3.05) is 24.6 Å². The van der Waals surface area contributed by atoms with Gasteiger partial charge >= 0.3 is 17.3 Å². The van der Waals surface area contributed by atoms with Crippen molar-refractivity contribution in [3.05, 3.63) is 63.2 Å². The number of esters is 1. The molecular weight excluding hydrogens is 390 g/mol. The van der Waals surface area contributed by atoms with E-state index in [1.165, 1.54) is 17.1 Å². The van der Waals surface area contributed by atoms with Gasteiger partial charge in [-0.15, -0.1) is 13.2 Å². The molecule has 1 rings (SSSR count). The molecule has 9 heteroatoms. The van der Waals surface area contributed by atoms with Crippen LogP contribution in [0.1, 0.15) is 55.8 Å². The van der Waals surface area contributed by atoms with Gasteiger partial charge in [0.15, 0.2) is 5.69 Å². The van der Waals surface area contributed by atoms with Crippen LogP contribution in [0.2, 0.25) is 0 Å². The van der Waals surface area contributed by atoms with Gasteiger partial charge in [0.2, 0.25) is 0 Å². The Labute approximate surface area is 176 Å². The molecule has 0 aliphatic rings. The fourth-order valence-electron chi connectivity index (χ4n) is 3.02. The summed E-state index contributed by atoms with van der Waals surface area (Å²) in [6.07, 6.45) is 8.98. The quantitative estimate of drug-likeness (QED) is 0.126. The Morgan fingerprint density at radius 1 is 1.00 bits per heavy atom. The summed E-state index contributed by atoms with van der Waals surface area (Å²) < 4.78 is 5.17. The first-order valence-electron chi connectivity index (χ1n) is 9.98. The van der Waals surface area contributed by atoms with Gasteiger partial charge in [0.05, 0.1) is 22.0 Å². The third-order valence-electron chi connectivity index (χ3n) is 4.45. The van der Waals surface area contributed by atoms with Gasteiger partial charge in [-0.25, -0.2) is 4.79 Å². The summed E-state index contributed by atoms with van der Waals surface area (Å²) in [5, 5.41) is 23.2. The lowest BCUT2D eigenvalue weighted by Crippen LogP contribution is -2.25. The molecule has 0 saturated carbocycles. The maximum absolute atomic E-state index is 12.3. The van der Waals surface area contributed by atoms with Crippen LogP contribution in [0.15, 0.2) is 37.4 Å². The topological polar surface area (TPSA) is 116 Å².